The molecule has 2 aromatic rings. The predicted octanol–water partition coefficient (Wildman–Crippen LogP) is 3.65. The molecule has 150 valence electrons. The average molecular weight is 383 g/mol. The van der Waals surface area contributed by atoms with E-state index in [4.69, 9.17) is 4.74 Å². The average Bonchev–Trinajstić information content (AvgIpc) is 2.62. The zero-order valence-corrected chi connectivity index (χ0v) is 17.1. The van der Waals surface area contributed by atoms with Gasteiger partial charge in [0.25, 0.3) is 5.91 Å². The first-order valence-corrected chi connectivity index (χ1v) is 9.30. The number of carbonyl (C=O) groups is 2. The molecule has 0 radical (unpaired) electrons. The fourth-order valence-corrected chi connectivity index (χ4v) is 2.80. The van der Waals surface area contributed by atoms with Crippen molar-refractivity contribution in [1.29, 1.82) is 0 Å². The van der Waals surface area contributed by atoms with Crippen LogP contribution in [-0.4, -0.2) is 35.7 Å². The van der Waals surface area contributed by atoms with E-state index in [-0.39, 0.29) is 11.9 Å². The molecule has 2 rings (SSSR count). The van der Waals surface area contributed by atoms with Crippen molar-refractivity contribution in [3.63, 3.8) is 0 Å². The van der Waals surface area contributed by atoms with Crippen molar-refractivity contribution >= 4 is 12.0 Å². The quantitative estimate of drug-likeness (QED) is 0.747. The van der Waals surface area contributed by atoms with Crippen LogP contribution in [0.1, 0.15) is 44.9 Å². The summed E-state index contributed by atoms with van der Waals surface area (Å²) in [5.41, 5.74) is 4.34. The molecule has 0 saturated heterocycles. The van der Waals surface area contributed by atoms with Crippen LogP contribution in [0, 0.1) is 0 Å². The first-order valence-electron chi connectivity index (χ1n) is 9.30. The molecule has 2 N–H and O–H groups in total. The minimum absolute atomic E-state index is 0.167. The van der Waals surface area contributed by atoms with Crippen LogP contribution >= 0.6 is 0 Å². The SMILES string of the molecule is C[C@H](NC(=O)OC(C)(C)C)C(=O)NN(C)C(c1ccccc1)c1ccccc1. The maximum atomic E-state index is 12.6. The second kappa shape index (κ2) is 9.37. The number of nitrogens with zero attached hydrogens (tertiary/aromatic N) is 1. The monoisotopic (exact) mass is 383 g/mol. The highest BCUT2D eigenvalue weighted by molar-refractivity contribution is 5.84. The Labute approximate surface area is 166 Å². The highest BCUT2D eigenvalue weighted by Gasteiger charge is 2.25. The number of rotatable bonds is 6. The van der Waals surface area contributed by atoms with Crippen LogP contribution in [-0.2, 0) is 9.53 Å². The standard InChI is InChI=1S/C22H29N3O3/c1-16(23-21(27)28-22(2,3)4)20(26)24-25(5)19(17-12-8-6-9-13-17)18-14-10-7-11-15-18/h6-16,19H,1-5H3,(H,23,27)(H,24,26)/t16-/m0/s1. The molecule has 0 unspecified atom stereocenters. The Balaban J connectivity index is 2.09. The summed E-state index contributed by atoms with van der Waals surface area (Å²) < 4.78 is 5.21. The molecule has 0 fully saturated rings. The van der Waals surface area contributed by atoms with Crippen LogP contribution in [0.2, 0.25) is 0 Å². The van der Waals surface area contributed by atoms with Crippen molar-refractivity contribution in [2.45, 2.75) is 45.4 Å². The number of alkyl carbamates (subject to hydrolysis) is 1. The molecule has 0 aliphatic heterocycles. The number of benzene rings is 2. The summed E-state index contributed by atoms with van der Waals surface area (Å²) in [5, 5.41) is 4.31. The Kier molecular flexibility index (Phi) is 7.18. The van der Waals surface area contributed by atoms with Gasteiger partial charge in [-0.05, 0) is 38.8 Å². The van der Waals surface area contributed by atoms with Gasteiger partial charge in [0.1, 0.15) is 11.6 Å². The van der Waals surface area contributed by atoms with E-state index >= 15 is 0 Å². The molecule has 0 bridgehead atoms. The lowest BCUT2D eigenvalue weighted by molar-refractivity contribution is -0.127. The zero-order chi connectivity index (χ0) is 20.7. The normalized spacial score (nSPS) is 12.5. The molecule has 0 heterocycles. The van der Waals surface area contributed by atoms with Gasteiger partial charge in [-0.25, -0.2) is 9.80 Å². The first kappa shape index (κ1) is 21.4. The van der Waals surface area contributed by atoms with Gasteiger partial charge in [0.15, 0.2) is 0 Å². The van der Waals surface area contributed by atoms with Gasteiger partial charge >= 0.3 is 6.09 Å². The number of hydrazine groups is 1. The largest absolute Gasteiger partial charge is 0.444 e. The van der Waals surface area contributed by atoms with Gasteiger partial charge in [-0.15, -0.1) is 0 Å². The van der Waals surface area contributed by atoms with E-state index in [0.717, 1.165) is 11.1 Å². The predicted molar refractivity (Wildman–Crippen MR) is 109 cm³/mol. The van der Waals surface area contributed by atoms with Crippen molar-refractivity contribution in [2.24, 2.45) is 0 Å². The molecule has 0 aliphatic rings. The number of amides is 2. The molecule has 0 aliphatic carbocycles. The third-order valence-electron chi connectivity index (χ3n) is 4.03. The van der Waals surface area contributed by atoms with Crippen molar-refractivity contribution in [2.75, 3.05) is 7.05 Å². The second-order valence-electron chi connectivity index (χ2n) is 7.68. The van der Waals surface area contributed by atoms with Crippen LogP contribution in [0.25, 0.3) is 0 Å². The van der Waals surface area contributed by atoms with E-state index in [1.807, 2.05) is 67.7 Å². The maximum absolute atomic E-state index is 12.6. The van der Waals surface area contributed by atoms with Crippen molar-refractivity contribution in [1.82, 2.24) is 15.8 Å². The van der Waals surface area contributed by atoms with Crippen LogP contribution in [0.4, 0.5) is 4.79 Å². The Morgan fingerprint density at radius 3 is 1.82 bits per heavy atom. The summed E-state index contributed by atoms with van der Waals surface area (Å²) in [6, 6.07) is 18.9. The molecule has 28 heavy (non-hydrogen) atoms. The van der Waals surface area contributed by atoms with E-state index < -0.39 is 17.7 Å². The number of hydrogen-bond donors (Lipinski definition) is 2. The molecular formula is C22H29N3O3. The lowest BCUT2D eigenvalue weighted by atomic mass is 9.98. The smallest absolute Gasteiger partial charge is 0.408 e. The van der Waals surface area contributed by atoms with Gasteiger partial charge in [-0.2, -0.15) is 0 Å². The molecule has 0 spiro atoms. The van der Waals surface area contributed by atoms with Crippen LogP contribution in [0.15, 0.2) is 60.7 Å². The summed E-state index contributed by atoms with van der Waals surface area (Å²) in [6.07, 6.45) is -0.625. The first-order chi connectivity index (χ1) is 13.2. The Morgan fingerprint density at radius 1 is 0.929 bits per heavy atom. The van der Waals surface area contributed by atoms with Crippen LogP contribution in [0.5, 0.6) is 0 Å². The highest BCUT2D eigenvalue weighted by atomic mass is 16.6. The van der Waals surface area contributed by atoms with Gasteiger partial charge in [0.05, 0.1) is 6.04 Å². The maximum Gasteiger partial charge on any atom is 0.408 e. The third-order valence-corrected chi connectivity index (χ3v) is 4.03. The van der Waals surface area contributed by atoms with Crippen LogP contribution in [0.3, 0.4) is 0 Å². The number of nitrogens with one attached hydrogen (secondary N) is 2. The highest BCUT2D eigenvalue weighted by Crippen LogP contribution is 2.26. The third kappa shape index (κ3) is 6.39. The van der Waals surface area contributed by atoms with E-state index in [1.54, 1.807) is 32.7 Å². The van der Waals surface area contributed by atoms with Crippen molar-refractivity contribution < 1.29 is 14.3 Å². The fraction of sp³-hybridized carbons (Fsp3) is 0.364. The lowest BCUT2D eigenvalue weighted by Crippen LogP contribution is -2.51. The number of hydrogen-bond acceptors (Lipinski definition) is 4. The van der Waals surface area contributed by atoms with Gasteiger partial charge in [0, 0.05) is 7.05 Å². The van der Waals surface area contributed by atoms with Gasteiger partial charge in [-0.3, -0.25) is 10.2 Å². The molecule has 6 nitrogen and oxygen atoms in total. The van der Waals surface area contributed by atoms with E-state index in [9.17, 15) is 9.59 Å². The Bertz CT molecular complexity index is 733. The summed E-state index contributed by atoms with van der Waals surface area (Å²) in [6.45, 7) is 6.94. The molecule has 0 aromatic heterocycles. The van der Waals surface area contributed by atoms with Crippen molar-refractivity contribution in [3.8, 4) is 0 Å². The fourth-order valence-electron chi connectivity index (χ4n) is 2.80. The Morgan fingerprint density at radius 2 is 1.39 bits per heavy atom. The molecule has 1 atom stereocenters. The summed E-state index contributed by atoms with van der Waals surface area (Å²) in [5.74, 6) is -0.328. The summed E-state index contributed by atoms with van der Waals surface area (Å²) in [4.78, 5) is 24.5. The number of carbonyl (C=O) groups excluding carboxylic acids is 2. The van der Waals surface area contributed by atoms with Crippen molar-refractivity contribution in [3.05, 3.63) is 71.8 Å². The minimum atomic E-state index is -0.746. The Hall–Kier alpha value is -2.86. The number of ether oxygens (including phenoxy) is 1. The molecule has 2 amide bonds. The summed E-state index contributed by atoms with van der Waals surface area (Å²) >= 11 is 0. The molecule has 2 aromatic carbocycles. The lowest BCUT2D eigenvalue weighted by Gasteiger charge is -2.30. The minimum Gasteiger partial charge on any atom is -0.444 e. The topological polar surface area (TPSA) is 70.7 Å². The molecule has 6 heteroatoms. The van der Waals surface area contributed by atoms with E-state index in [2.05, 4.69) is 10.7 Å². The molecule has 0 saturated carbocycles. The summed E-state index contributed by atoms with van der Waals surface area (Å²) in [7, 11) is 1.81. The van der Waals surface area contributed by atoms with Gasteiger partial charge < -0.3 is 10.1 Å². The van der Waals surface area contributed by atoms with Crippen LogP contribution < -0.4 is 10.7 Å². The zero-order valence-electron chi connectivity index (χ0n) is 17.1. The van der Waals surface area contributed by atoms with Gasteiger partial charge in [-0.1, -0.05) is 60.7 Å². The van der Waals surface area contributed by atoms with Gasteiger partial charge in [0.2, 0.25) is 0 Å². The van der Waals surface area contributed by atoms with E-state index in [0.29, 0.717) is 0 Å². The second-order valence-corrected chi connectivity index (χ2v) is 7.68. The van der Waals surface area contributed by atoms with E-state index in [1.165, 1.54) is 0 Å². The molecular weight excluding hydrogens is 354 g/mol.